The molecule has 4 rings (SSSR count). The number of carboxylic acid groups (broad SMARTS) is 1. The van der Waals surface area contributed by atoms with Crippen LogP contribution in [0.2, 0.25) is 0 Å². The molecule has 2 heterocycles. The Morgan fingerprint density at radius 2 is 1.97 bits per heavy atom. The predicted octanol–water partition coefficient (Wildman–Crippen LogP) is 4.93. The average Bonchev–Trinajstić information content (AvgIpc) is 3.24. The van der Waals surface area contributed by atoms with Gasteiger partial charge in [-0.2, -0.15) is 0 Å². The van der Waals surface area contributed by atoms with E-state index in [1.54, 1.807) is 17.5 Å². The normalized spacial score (nSPS) is 19.5. The van der Waals surface area contributed by atoms with E-state index in [1.165, 1.54) is 0 Å². The van der Waals surface area contributed by atoms with E-state index in [2.05, 4.69) is 38.5 Å². The first-order valence-electron chi connectivity index (χ1n) is 10.9. The summed E-state index contributed by atoms with van der Waals surface area (Å²) in [4.78, 5) is 25.6. The fraction of sp³-hybridized carbons (Fsp3) is 0.417. The van der Waals surface area contributed by atoms with E-state index in [4.69, 9.17) is 0 Å². The number of anilines is 2. The number of nitrogens with zero attached hydrogens (tertiary/aromatic N) is 3. The van der Waals surface area contributed by atoms with Crippen molar-refractivity contribution in [1.29, 1.82) is 0 Å². The average molecular weight is 453 g/mol. The number of aliphatic carboxylic acids is 1. The maximum Gasteiger partial charge on any atom is 0.306 e. The largest absolute Gasteiger partial charge is 0.481 e. The van der Waals surface area contributed by atoms with Gasteiger partial charge >= 0.3 is 5.97 Å². The van der Waals surface area contributed by atoms with E-state index in [0.29, 0.717) is 18.8 Å². The summed E-state index contributed by atoms with van der Waals surface area (Å²) in [7, 11) is 0. The van der Waals surface area contributed by atoms with Gasteiger partial charge in [-0.05, 0) is 74.8 Å². The third-order valence-corrected chi connectivity index (χ3v) is 7.32. The van der Waals surface area contributed by atoms with Crippen molar-refractivity contribution in [2.45, 2.75) is 45.4 Å². The number of aryl methyl sites for hydroxylation is 2. The first kappa shape index (κ1) is 22.4. The second-order valence-corrected chi connectivity index (χ2v) is 9.60. The van der Waals surface area contributed by atoms with Gasteiger partial charge < -0.3 is 15.5 Å². The van der Waals surface area contributed by atoms with Gasteiger partial charge in [-0.15, -0.1) is 11.3 Å². The van der Waals surface area contributed by atoms with E-state index in [9.17, 15) is 15.0 Å². The SMILES string of the molecule is Cc1cc(Nc2nccc(C)n2)cc(-c2cnc(C(CO)C3CCC(C(=O)O)CC3)s2)c1. The number of aliphatic hydroxyl groups excluding tert-OH is 1. The number of rotatable bonds is 7. The highest BCUT2D eigenvalue weighted by Gasteiger charge is 2.32. The molecule has 0 saturated heterocycles. The van der Waals surface area contributed by atoms with Crippen LogP contribution in [0.15, 0.2) is 36.7 Å². The lowest BCUT2D eigenvalue weighted by molar-refractivity contribution is -0.143. The molecule has 7 nitrogen and oxygen atoms in total. The number of carboxylic acids is 1. The van der Waals surface area contributed by atoms with Crippen LogP contribution >= 0.6 is 11.3 Å². The van der Waals surface area contributed by atoms with E-state index >= 15 is 0 Å². The van der Waals surface area contributed by atoms with Crippen LogP contribution in [0.4, 0.5) is 11.6 Å². The lowest BCUT2D eigenvalue weighted by atomic mass is 9.76. The number of hydrogen-bond acceptors (Lipinski definition) is 7. The molecule has 1 saturated carbocycles. The standard InChI is InChI=1S/C24H28N4O3S/c1-14-9-18(11-19(10-14)28-24-25-8-7-15(2)27-24)21-12-26-22(32-21)20(13-29)16-3-5-17(6-4-16)23(30)31/h7-12,16-17,20,29H,3-6,13H2,1-2H3,(H,30,31)(H,25,27,28). The molecule has 8 heteroatoms. The van der Waals surface area contributed by atoms with Crippen molar-refractivity contribution in [3.8, 4) is 10.4 Å². The predicted molar refractivity (Wildman–Crippen MR) is 125 cm³/mol. The lowest BCUT2D eigenvalue weighted by Crippen LogP contribution is -2.26. The number of nitrogens with one attached hydrogen (secondary N) is 1. The highest BCUT2D eigenvalue weighted by atomic mass is 32.1. The van der Waals surface area contributed by atoms with Crippen molar-refractivity contribution in [3.63, 3.8) is 0 Å². The number of thiazole rings is 1. The Morgan fingerprint density at radius 3 is 2.66 bits per heavy atom. The Kier molecular flexibility index (Phi) is 6.81. The van der Waals surface area contributed by atoms with Crippen LogP contribution in [-0.4, -0.2) is 37.7 Å². The summed E-state index contributed by atoms with van der Waals surface area (Å²) in [6.07, 6.45) is 6.56. The van der Waals surface area contributed by atoms with Gasteiger partial charge in [0.2, 0.25) is 5.95 Å². The lowest BCUT2D eigenvalue weighted by Gasteiger charge is -2.30. The van der Waals surface area contributed by atoms with Crippen LogP contribution in [-0.2, 0) is 4.79 Å². The van der Waals surface area contributed by atoms with Crippen molar-refractivity contribution in [2.75, 3.05) is 11.9 Å². The van der Waals surface area contributed by atoms with Crippen LogP contribution in [0.5, 0.6) is 0 Å². The maximum atomic E-state index is 11.2. The Morgan fingerprint density at radius 1 is 1.19 bits per heavy atom. The molecule has 1 aromatic carbocycles. The smallest absolute Gasteiger partial charge is 0.306 e. The summed E-state index contributed by atoms with van der Waals surface area (Å²) >= 11 is 1.60. The Balaban J connectivity index is 1.52. The molecule has 0 radical (unpaired) electrons. The third-order valence-electron chi connectivity index (χ3n) is 6.14. The number of benzene rings is 1. The molecular weight excluding hydrogens is 424 g/mol. The van der Waals surface area contributed by atoms with E-state index < -0.39 is 5.97 Å². The van der Waals surface area contributed by atoms with Gasteiger partial charge in [0, 0.05) is 29.7 Å². The molecule has 0 aliphatic heterocycles. The molecule has 1 aliphatic rings. The molecule has 1 atom stereocenters. The van der Waals surface area contributed by atoms with Crippen molar-refractivity contribution >= 4 is 28.9 Å². The molecule has 1 fully saturated rings. The summed E-state index contributed by atoms with van der Waals surface area (Å²) in [5.74, 6) is -0.188. The number of carbonyl (C=O) groups is 1. The molecule has 168 valence electrons. The first-order valence-corrected chi connectivity index (χ1v) is 11.7. The summed E-state index contributed by atoms with van der Waals surface area (Å²) in [6, 6.07) is 8.08. The molecule has 1 unspecified atom stereocenters. The summed E-state index contributed by atoms with van der Waals surface area (Å²) in [5, 5.41) is 23.5. The number of aromatic nitrogens is 3. The fourth-order valence-corrected chi connectivity index (χ4v) is 5.52. The van der Waals surface area contributed by atoms with Gasteiger partial charge in [-0.25, -0.2) is 15.0 Å². The number of hydrogen-bond donors (Lipinski definition) is 3. The third kappa shape index (κ3) is 5.14. The fourth-order valence-electron chi connectivity index (χ4n) is 4.43. The van der Waals surface area contributed by atoms with E-state index in [-0.39, 0.29) is 24.4 Å². The molecule has 0 amide bonds. The zero-order chi connectivity index (χ0) is 22.7. The Hall–Kier alpha value is -2.84. The summed E-state index contributed by atoms with van der Waals surface area (Å²) in [5.41, 5.74) is 3.97. The zero-order valence-electron chi connectivity index (χ0n) is 18.3. The second-order valence-electron chi connectivity index (χ2n) is 8.54. The quantitative estimate of drug-likeness (QED) is 0.466. The molecule has 2 aromatic heterocycles. The van der Waals surface area contributed by atoms with Gasteiger partial charge in [0.1, 0.15) is 0 Å². The minimum Gasteiger partial charge on any atom is -0.481 e. The zero-order valence-corrected chi connectivity index (χ0v) is 19.1. The van der Waals surface area contributed by atoms with Crippen LogP contribution in [0.25, 0.3) is 10.4 Å². The van der Waals surface area contributed by atoms with Gasteiger partial charge in [-0.3, -0.25) is 4.79 Å². The molecule has 0 spiro atoms. The first-order chi connectivity index (χ1) is 15.4. The Bertz CT molecular complexity index is 1090. The molecule has 0 bridgehead atoms. The molecule has 32 heavy (non-hydrogen) atoms. The second kappa shape index (κ2) is 9.75. The Labute approximate surface area is 191 Å². The highest BCUT2D eigenvalue weighted by Crippen LogP contribution is 2.41. The van der Waals surface area contributed by atoms with Crippen molar-refractivity contribution < 1.29 is 15.0 Å². The van der Waals surface area contributed by atoms with Gasteiger partial charge in [-0.1, -0.05) is 6.07 Å². The summed E-state index contributed by atoms with van der Waals surface area (Å²) < 4.78 is 0. The van der Waals surface area contributed by atoms with Crippen molar-refractivity contribution in [3.05, 3.63) is 52.9 Å². The van der Waals surface area contributed by atoms with Crippen LogP contribution in [0, 0.1) is 25.7 Å². The van der Waals surface area contributed by atoms with Crippen LogP contribution in [0.1, 0.15) is 47.9 Å². The highest BCUT2D eigenvalue weighted by molar-refractivity contribution is 7.15. The molecular formula is C24H28N4O3S. The van der Waals surface area contributed by atoms with Gasteiger partial charge in [0.15, 0.2) is 0 Å². The summed E-state index contributed by atoms with van der Waals surface area (Å²) in [6.45, 7) is 4.00. The minimum atomic E-state index is -0.708. The van der Waals surface area contributed by atoms with E-state index in [0.717, 1.165) is 45.2 Å². The molecule has 3 N–H and O–H groups in total. The van der Waals surface area contributed by atoms with Gasteiger partial charge in [0.25, 0.3) is 0 Å². The van der Waals surface area contributed by atoms with Crippen molar-refractivity contribution in [2.24, 2.45) is 11.8 Å². The molecule has 1 aliphatic carbocycles. The minimum absolute atomic E-state index is 0.0285. The number of aliphatic hydroxyl groups is 1. The van der Waals surface area contributed by atoms with Crippen LogP contribution < -0.4 is 5.32 Å². The monoisotopic (exact) mass is 452 g/mol. The molecule has 3 aromatic rings. The maximum absolute atomic E-state index is 11.2. The van der Waals surface area contributed by atoms with E-state index in [1.807, 2.05) is 26.1 Å². The topological polar surface area (TPSA) is 108 Å². The van der Waals surface area contributed by atoms with Crippen LogP contribution in [0.3, 0.4) is 0 Å². The van der Waals surface area contributed by atoms with Gasteiger partial charge in [0.05, 0.1) is 22.4 Å². The van der Waals surface area contributed by atoms with Crippen molar-refractivity contribution in [1.82, 2.24) is 15.0 Å².